The van der Waals surface area contributed by atoms with Gasteiger partial charge in [0.25, 0.3) is 5.91 Å². The number of para-hydroxylation sites is 1. The summed E-state index contributed by atoms with van der Waals surface area (Å²) in [6.07, 6.45) is 1.78. The van der Waals surface area contributed by atoms with Crippen molar-refractivity contribution in [3.63, 3.8) is 0 Å². The zero-order chi connectivity index (χ0) is 19.7. The number of methoxy groups -OCH3 is 1. The lowest BCUT2D eigenvalue weighted by Gasteiger charge is -2.15. The average Bonchev–Trinajstić information content (AvgIpc) is 3.27. The quantitative estimate of drug-likeness (QED) is 0.535. The van der Waals surface area contributed by atoms with Gasteiger partial charge in [-0.2, -0.15) is 0 Å². The van der Waals surface area contributed by atoms with Gasteiger partial charge in [0.05, 0.1) is 24.3 Å². The predicted octanol–water partition coefficient (Wildman–Crippen LogP) is 4.23. The highest BCUT2D eigenvalue weighted by Crippen LogP contribution is 2.42. The fraction of sp³-hybridized carbons (Fsp3) is 0.200. The normalized spacial score (nSPS) is 16.8. The highest BCUT2D eigenvalue weighted by molar-refractivity contribution is 8.27. The average molecular weight is 415 g/mol. The molecule has 1 amide bonds. The van der Waals surface area contributed by atoms with E-state index < -0.39 is 0 Å². The van der Waals surface area contributed by atoms with E-state index in [1.807, 2.05) is 25.1 Å². The summed E-state index contributed by atoms with van der Waals surface area (Å²) in [6.45, 7) is 2.56. The zero-order valence-electron chi connectivity index (χ0n) is 15.3. The van der Waals surface area contributed by atoms with Gasteiger partial charge in [-0.15, -0.1) is 0 Å². The molecule has 1 saturated heterocycles. The lowest BCUT2D eigenvalue weighted by molar-refractivity contribution is -0.113. The van der Waals surface area contributed by atoms with Crippen molar-refractivity contribution in [3.05, 3.63) is 46.9 Å². The van der Waals surface area contributed by atoms with Crippen LogP contribution < -0.4 is 23.8 Å². The van der Waals surface area contributed by atoms with Gasteiger partial charge < -0.3 is 18.9 Å². The summed E-state index contributed by atoms with van der Waals surface area (Å²) in [5.74, 6) is 2.27. The molecule has 28 heavy (non-hydrogen) atoms. The molecule has 0 unspecified atom stereocenters. The number of hydrogen-bond acceptors (Lipinski definition) is 7. The first-order chi connectivity index (χ1) is 13.6. The predicted molar refractivity (Wildman–Crippen MR) is 112 cm³/mol. The van der Waals surface area contributed by atoms with Crippen molar-refractivity contribution in [2.75, 3.05) is 25.4 Å². The maximum absolute atomic E-state index is 13.0. The Kier molecular flexibility index (Phi) is 5.15. The number of rotatable bonds is 5. The highest BCUT2D eigenvalue weighted by atomic mass is 32.2. The third kappa shape index (κ3) is 3.29. The van der Waals surface area contributed by atoms with Crippen molar-refractivity contribution < 1.29 is 23.7 Å². The number of carbonyl (C=O) groups excluding carboxylic acids is 1. The Bertz CT molecular complexity index is 989. The Morgan fingerprint density at radius 1 is 1.25 bits per heavy atom. The van der Waals surface area contributed by atoms with Crippen LogP contribution in [-0.2, 0) is 4.79 Å². The monoisotopic (exact) mass is 415 g/mol. The number of nitrogens with zero attached hydrogens (tertiary/aromatic N) is 1. The minimum absolute atomic E-state index is 0.174. The van der Waals surface area contributed by atoms with E-state index in [0.29, 0.717) is 44.5 Å². The maximum atomic E-state index is 13.0. The Hall–Kier alpha value is -2.71. The third-order valence-electron chi connectivity index (χ3n) is 4.21. The van der Waals surface area contributed by atoms with E-state index in [1.165, 1.54) is 16.7 Å². The molecule has 2 aliphatic heterocycles. The summed E-state index contributed by atoms with van der Waals surface area (Å²) in [4.78, 5) is 15.1. The molecular weight excluding hydrogens is 398 g/mol. The minimum Gasteiger partial charge on any atom is -0.493 e. The van der Waals surface area contributed by atoms with Gasteiger partial charge in [-0.3, -0.25) is 9.69 Å². The summed E-state index contributed by atoms with van der Waals surface area (Å²) >= 11 is 6.70. The van der Waals surface area contributed by atoms with Gasteiger partial charge in [0.15, 0.2) is 27.3 Å². The van der Waals surface area contributed by atoms with E-state index in [9.17, 15) is 4.79 Å². The fourth-order valence-electron chi connectivity index (χ4n) is 2.96. The van der Waals surface area contributed by atoms with Crippen LogP contribution in [0.15, 0.2) is 41.3 Å². The van der Waals surface area contributed by atoms with Gasteiger partial charge in [-0.1, -0.05) is 36.1 Å². The molecule has 2 aromatic rings. The molecule has 2 heterocycles. The first-order valence-corrected chi connectivity index (χ1v) is 9.82. The zero-order valence-corrected chi connectivity index (χ0v) is 16.9. The highest BCUT2D eigenvalue weighted by Gasteiger charge is 2.34. The molecule has 0 radical (unpaired) electrons. The van der Waals surface area contributed by atoms with Crippen LogP contribution in [-0.4, -0.2) is 30.7 Å². The molecule has 2 aromatic carbocycles. The van der Waals surface area contributed by atoms with E-state index in [2.05, 4.69) is 0 Å². The van der Waals surface area contributed by atoms with Gasteiger partial charge >= 0.3 is 0 Å². The number of anilines is 1. The molecule has 0 atom stereocenters. The van der Waals surface area contributed by atoms with Crippen molar-refractivity contribution in [3.8, 4) is 23.0 Å². The molecular formula is C20H17NO5S2. The lowest BCUT2D eigenvalue weighted by atomic mass is 10.1. The van der Waals surface area contributed by atoms with Gasteiger partial charge in [0, 0.05) is 11.6 Å². The van der Waals surface area contributed by atoms with Gasteiger partial charge in [0.2, 0.25) is 6.79 Å². The lowest BCUT2D eigenvalue weighted by Crippen LogP contribution is -2.27. The van der Waals surface area contributed by atoms with Gasteiger partial charge in [-0.05, 0) is 31.2 Å². The van der Waals surface area contributed by atoms with Crippen molar-refractivity contribution in [1.82, 2.24) is 0 Å². The summed E-state index contributed by atoms with van der Waals surface area (Å²) in [5.41, 5.74) is 1.40. The van der Waals surface area contributed by atoms with Gasteiger partial charge in [-0.25, -0.2) is 0 Å². The SMILES string of the molecule is CCOc1c(/C=C2/SC(=S)N(c3ccc4c(c3)OCO4)C2=O)cccc1OC. The van der Waals surface area contributed by atoms with Crippen LogP contribution in [0.1, 0.15) is 12.5 Å². The maximum Gasteiger partial charge on any atom is 0.270 e. The third-order valence-corrected chi connectivity index (χ3v) is 5.51. The summed E-state index contributed by atoms with van der Waals surface area (Å²) in [5, 5.41) is 0. The van der Waals surface area contributed by atoms with Gasteiger partial charge in [0.1, 0.15) is 0 Å². The second kappa shape index (κ2) is 7.73. The Balaban J connectivity index is 1.68. The largest absolute Gasteiger partial charge is 0.493 e. The van der Waals surface area contributed by atoms with Crippen LogP contribution in [0.5, 0.6) is 23.0 Å². The fourth-order valence-corrected chi connectivity index (χ4v) is 4.25. The molecule has 0 bridgehead atoms. The Morgan fingerprint density at radius 3 is 2.86 bits per heavy atom. The van der Waals surface area contributed by atoms with Crippen LogP contribution in [0.3, 0.4) is 0 Å². The van der Waals surface area contributed by atoms with Crippen molar-refractivity contribution in [2.24, 2.45) is 0 Å². The van der Waals surface area contributed by atoms with E-state index in [0.717, 1.165) is 5.56 Å². The summed E-state index contributed by atoms with van der Waals surface area (Å²) in [7, 11) is 1.58. The van der Waals surface area contributed by atoms with Crippen LogP contribution in [0.25, 0.3) is 6.08 Å². The molecule has 2 aliphatic rings. The van der Waals surface area contributed by atoms with E-state index >= 15 is 0 Å². The van der Waals surface area contributed by atoms with Crippen molar-refractivity contribution in [2.45, 2.75) is 6.92 Å². The molecule has 1 fully saturated rings. The van der Waals surface area contributed by atoms with E-state index in [-0.39, 0.29) is 12.7 Å². The molecule has 0 spiro atoms. The number of ether oxygens (including phenoxy) is 4. The first kappa shape index (κ1) is 18.6. The molecule has 0 aromatic heterocycles. The Morgan fingerprint density at radius 2 is 2.07 bits per heavy atom. The second-order valence-electron chi connectivity index (χ2n) is 5.87. The molecule has 0 saturated carbocycles. The van der Waals surface area contributed by atoms with Crippen LogP contribution >= 0.6 is 24.0 Å². The number of fused-ring (bicyclic) bond motifs is 1. The van der Waals surface area contributed by atoms with Crippen molar-refractivity contribution in [1.29, 1.82) is 0 Å². The number of amides is 1. The van der Waals surface area contributed by atoms with Crippen molar-refractivity contribution >= 4 is 46.0 Å². The number of hydrogen-bond donors (Lipinski definition) is 0. The topological polar surface area (TPSA) is 57.2 Å². The van der Waals surface area contributed by atoms with E-state index in [1.54, 1.807) is 31.4 Å². The minimum atomic E-state index is -0.195. The molecule has 0 N–H and O–H groups in total. The first-order valence-electron chi connectivity index (χ1n) is 8.59. The second-order valence-corrected chi connectivity index (χ2v) is 7.54. The number of thiocarbonyl (C=S) groups is 1. The summed E-state index contributed by atoms with van der Waals surface area (Å²) in [6, 6.07) is 10.9. The molecule has 4 rings (SSSR count). The smallest absolute Gasteiger partial charge is 0.270 e. The van der Waals surface area contributed by atoms with Crippen LogP contribution in [0.2, 0.25) is 0 Å². The standard InChI is InChI=1S/C20H17NO5S2/c1-3-24-18-12(5-4-6-15(18)23-2)9-17-19(22)21(20(27)28-17)13-7-8-14-16(10-13)26-11-25-14/h4-10H,3,11H2,1-2H3/b17-9+. The number of carbonyl (C=O) groups is 1. The van der Waals surface area contributed by atoms with Crippen LogP contribution in [0.4, 0.5) is 5.69 Å². The van der Waals surface area contributed by atoms with E-state index in [4.69, 9.17) is 31.2 Å². The van der Waals surface area contributed by atoms with Crippen LogP contribution in [0, 0.1) is 0 Å². The molecule has 144 valence electrons. The number of thioether (sulfide) groups is 1. The Labute approximate surface area is 172 Å². The summed E-state index contributed by atoms with van der Waals surface area (Å²) < 4.78 is 22.3. The molecule has 0 aliphatic carbocycles. The molecule has 6 nitrogen and oxygen atoms in total. The molecule has 8 heteroatoms. The number of benzene rings is 2.